The molecule has 0 radical (unpaired) electrons. The molecule has 3 rings (SSSR count). The van der Waals surface area contributed by atoms with Crippen LogP contribution in [0.25, 0.3) is 10.9 Å². The van der Waals surface area contributed by atoms with Crippen LogP contribution in [0, 0.1) is 6.92 Å². The molecule has 3 nitrogen and oxygen atoms in total. The largest absolute Gasteiger partial charge is 0.508 e. The van der Waals surface area contributed by atoms with Crippen molar-refractivity contribution in [3.8, 4) is 5.75 Å². The van der Waals surface area contributed by atoms with Crippen LogP contribution in [0.2, 0.25) is 0 Å². The van der Waals surface area contributed by atoms with Crippen molar-refractivity contribution >= 4 is 28.5 Å². The summed E-state index contributed by atoms with van der Waals surface area (Å²) < 4.78 is 2.12. The van der Waals surface area contributed by atoms with Crippen LogP contribution in [0.4, 0.5) is 0 Å². The van der Waals surface area contributed by atoms with E-state index < -0.39 is 0 Å². The highest BCUT2D eigenvalue weighted by Gasteiger charge is 2.14. The summed E-state index contributed by atoms with van der Waals surface area (Å²) in [5.74, 6) is 0.184. The number of fused-ring (bicyclic) bond motifs is 1. The van der Waals surface area contributed by atoms with Gasteiger partial charge in [-0.3, -0.25) is 4.79 Å². The van der Waals surface area contributed by atoms with Gasteiger partial charge in [-0.15, -0.1) is 11.3 Å². The summed E-state index contributed by atoms with van der Waals surface area (Å²) in [6.07, 6.45) is 0.863. The highest BCUT2D eigenvalue weighted by molar-refractivity contribution is 7.09. The second-order valence-corrected chi connectivity index (χ2v) is 5.52. The third-order valence-electron chi connectivity index (χ3n) is 3.37. The molecule has 2 heterocycles. The Morgan fingerprint density at radius 3 is 2.89 bits per heavy atom. The summed E-state index contributed by atoms with van der Waals surface area (Å²) in [5.41, 5.74) is 2.57. The zero-order valence-corrected chi connectivity index (χ0v) is 11.3. The molecule has 0 spiro atoms. The number of aromatic nitrogens is 1. The third kappa shape index (κ3) is 1.94. The maximum absolute atomic E-state index is 11.3. The second-order valence-electron chi connectivity index (χ2n) is 4.48. The minimum atomic E-state index is 0.184. The van der Waals surface area contributed by atoms with Crippen LogP contribution in [-0.2, 0) is 6.54 Å². The predicted octanol–water partition coefficient (Wildman–Crippen LogP) is 3.58. The van der Waals surface area contributed by atoms with Crippen LogP contribution in [0.5, 0.6) is 5.75 Å². The summed E-state index contributed by atoms with van der Waals surface area (Å²) in [4.78, 5) is 12.5. The van der Waals surface area contributed by atoms with Gasteiger partial charge in [-0.2, -0.15) is 0 Å². The number of phenolic OH excluding ortho intramolecular Hbond substituents is 1. The van der Waals surface area contributed by atoms with E-state index in [4.69, 9.17) is 0 Å². The molecule has 0 fully saturated rings. The first-order valence-electron chi connectivity index (χ1n) is 6.00. The van der Waals surface area contributed by atoms with Gasteiger partial charge in [-0.05, 0) is 36.6 Å². The monoisotopic (exact) mass is 271 g/mol. The summed E-state index contributed by atoms with van der Waals surface area (Å²) in [5, 5.41) is 12.4. The van der Waals surface area contributed by atoms with E-state index in [1.165, 1.54) is 4.88 Å². The van der Waals surface area contributed by atoms with Gasteiger partial charge in [-0.25, -0.2) is 0 Å². The zero-order valence-electron chi connectivity index (χ0n) is 10.5. The Balaban J connectivity index is 2.23. The van der Waals surface area contributed by atoms with Crippen LogP contribution in [0.1, 0.15) is 20.9 Å². The normalized spacial score (nSPS) is 11.0. The number of carbonyl (C=O) groups is 1. The molecule has 1 N–H and O–H groups in total. The minimum absolute atomic E-state index is 0.184. The molecule has 0 bridgehead atoms. The first-order chi connectivity index (χ1) is 9.20. The molecule has 0 aliphatic heterocycles. The van der Waals surface area contributed by atoms with Crippen LogP contribution in [-0.4, -0.2) is 16.0 Å². The van der Waals surface area contributed by atoms with Crippen molar-refractivity contribution in [3.05, 3.63) is 51.8 Å². The lowest BCUT2D eigenvalue weighted by Crippen LogP contribution is -2.00. The average molecular weight is 271 g/mol. The average Bonchev–Trinajstić information content (AvgIpc) is 2.98. The number of aromatic hydroxyl groups is 1. The van der Waals surface area contributed by atoms with E-state index >= 15 is 0 Å². The van der Waals surface area contributed by atoms with Crippen LogP contribution >= 0.6 is 11.3 Å². The fraction of sp³-hybridized carbons (Fsp3) is 0.133. The van der Waals surface area contributed by atoms with Crippen molar-refractivity contribution in [1.29, 1.82) is 0 Å². The van der Waals surface area contributed by atoms with Crippen LogP contribution in [0.15, 0.2) is 35.7 Å². The highest BCUT2D eigenvalue weighted by atomic mass is 32.1. The maximum Gasteiger partial charge on any atom is 0.152 e. The van der Waals surface area contributed by atoms with Gasteiger partial charge in [0.25, 0.3) is 0 Å². The summed E-state index contributed by atoms with van der Waals surface area (Å²) in [6.45, 7) is 2.69. The first-order valence-corrected chi connectivity index (χ1v) is 6.88. The quantitative estimate of drug-likeness (QED) is 0.740. The van der Waals surface area contributed by atoms with Crippen molar-refractivity contribution in [3.63, 3.8) is 0 Å². The zero-order chi connectivity index (χ0) is 13.4. The van der Waals surface area contributed by atoms with Gasteiger partial charge in [0.15, 0.2) is 6.29 Å². The Morgan fingerprint density at radius 2 is 2.21 bits per heavy atom. The highest BCUT2D eigenvalue weighted by Crippen LogP contribution is 2.29. The number of nitrogens with zero attached hydrogens (tertiary/aromatic N) is 1. The molecule has 4 heteroatoms. The Bertz CT molecular complexity index is 741. The fourth-order valence-corrected chi connectivity index (χ4v) is 3.10. The molecule has 3 aromatic rings. The van der Waals surface area contributed by atoms with E-state index in [-0.39, 0.29) is 5.75 Å². The molecule has 0 aliphatic rings. The number of benzene rings is 1. The van der Waals surface area contributed by atoms with Crippen molar-refractivity contribution < 1.29 is 9.90 Å². The molecular weight excluding hydrogens is 258 g/mol. The Labute approximate surface area is 114 Å². The van der Waals surface area contributed by atoms with Gasteiger partial charge in [0.2, 0.25) is 0 Å². The van der Waals surface area contributed by atoms with Crippen LogP contribution in [0.3, 0.4) is 0 Å². The lowest BCUT2D eigenvalue weighted by atomic mass is 10.1. The second kappa shape index (κ2) is 4.55. The number of thiophene rings is 1. The molecule has 0 aliphatic carbocycles. The number of rotatable bonds is 3. The van der Waals surface area contributed by atoms with Gasteiger partial charge in [-0.1, -0.05) is 6.07 Å². The summed E-state index contributed by atoms with van der Waals surface area (Å²) >= 11 is 1.70. The van der Waals surface area contributed by atoms with E-state index in [0.29, 0.717) is 5.56 Å². The van der Waals surface area contributed by atoms with Crippen molar-refractivity contribution in [2.45, 2.75) is 13.5 Å². The summed E-state index contributed by atoms with van der Waals surface area (Å²) in [6, 6.07) is 9.26. The molecule has 2 aromatic heterocycles. The Morgan fingerprint density at radius 1 is 1.37 bits per heavy atom. The van der Waals surface area contributed by atoms with Gasteiger partial charge in [0.1, 0.15) is 5.75 Å². The molecule has 96 valence electrons. The van der Waals surface area contributed by atoms with Crippen molar-refractivity contribution in [2.24, 2.45) is 0 Å². The smallest absolute Gasteiger partial charge is 0.152 e. The van der Waals surface area contributed by atoms with E-state index in [2.05, 4.69) is 10.6 Å². The summed E-state index contributed by atoms with van der Waals surface area (Å²) in [7, 11) is 0. The molecule has 0 saturated carbocycles. The third-order valence-corrected chi connectivity index (χ3v) is 4.23. The van der Waals surface area contributed by atoms with E-state index in [9.17, 15) is 9.90 Å². The van der Waals surface area contributed by atoms with Gasteiger partial charge in [0.05, 0.1) is 6.54 Å². The molecule has 0 unspecified atom stereocenters. The molecule has 1 aromatic carbocycles. The Kier molecular flexibility index (Phi) is 2.87. The van der Waals surface area contributed by atoms with Crippen LogP contribution < -0.4 is 0 Å². The molecule has 0 amide bonds. The van der Waals surface area contributed by atoms with Gasteiger partial charge < -0.3 is 9.67 Å². The molecule has 0 saturated heterocycles. The topological polar surface area (TPSA) is 42.2 Å². The van der Waals surface area contributed by atoms with E-state index in [1.54, 1.807) is 23.5 Å². The lowest BCUT2D eigenvalue weighted by Gasteiger charge is -2.06. The van der Waals surface area contributed by atoms with Gasteiger partial charge >= 0.3 is 0 Å². The first kappa shape index (κ1) is 12.0. The SMILES string of the molecule is Cc1c(C=O)c2cc(O)ccc2n1Cc1cccs1. The number of hydrogen-bond acceptors (Lipinski definition) is 3. The lowest BCUT2D eigenvalue weighted by molar-refractivity contribution is 0.112. The predicted molar refractivity (Wildman–Crippen MR) is 77.1 cm³/mol. The van der Waals surface area contributed by atoms with E-state index in [0.717, 1.165) is 29.4 Å². The number of hydrogen-bond donors (Lipinski definition) is 1. The standard InChI is InChI=1S/C15H13NO2S/c1-10-14(9-17)13-7-11(18)4-5-15(13)16(10)8-12-3-2-6-19-12/h2-7,9,18H,8H2,1H3. The van der Waals surface area contributed by atoms with E-state index in [1.807, 2.05) is 24.4 Å². The maximum atomic E-state index is 11.3. The minimum Gasteiger partial charge on any atom is -0.508 e. The van der Waals surface area contributed by atoms with Crippen molar-refractivity contribution in [2.75, 3.05) is 0 Å². The number of phenols is 1. The van der Waals surface area contributed by atoms with Gasteiger partial charge in [0, 0.05) is 27.0 Å². The fourth-order valence-electron chi connectivity index (χ4n) is 2.41. The molecule has 19 heavy (non-hydrogen) atoms. The number of carbonyl (C=O) groups excluding carboxylic acids is 1. The molecular formula is C15H13NO2S. The Hall–Kier alpha value is -2.07. The van der Waals surface area contributed by atoms with Crippen molar-refractivity contribution in [1.82, 2.24) is 4.57 Å². The molecule has 0 atom stereocenters. The number of aldehydes is 1.